The summed E-state index contributed by atoms with van der Waals surface area (Å²) in [6, 6.07) is 6.51. The summed E-state index contributed by atoms with van der Waals surface area (Å²) in [7, 11) is -3.68. The Kier molecular flexibility index (Phi) is 5.53. The Morgan fingerprint density at radius 3 is 2.39 bits per heavy atom. The van der Waals surface area contributed by atoms with Crippen LogP contribution in [0.5, 0.6) is 0 Å². The second-order valence-corrected chi connectivity index (χ2v) is 5.71. The van der Waals surface area contributed by atoms with Crippen molar-refractivity contribution in [2.75, 3.05) is 19.8 Å². The van der Waals surface area contributed by atoms with E-state index in [2.05, 4.69) is 6.58 Å². The third kappa shape index (κ3) is 5.00. The molecule has 0 N–H and O–H groups in total. The van der Waals surface area contributed by atoms with Crippen molar-refractivity contribution in [3.8, 4) is 0 Å². The summed E-state index contributed by atoms with van der Waals surface area (Å²) in [6.07, 6.45) is 0. The van der Waals surface area contributed by atoms with Crippen LogP contribution in [0.2, 0.25) is 0 Å². The Bertz CT molecular complexity index is 488. The largest absolute Gasteiger partial charge is 0.375 e. The summed E-state index contributed by atoms with van der Waals surface area (Å²) in [4.78, 5) is 0.160. The first-order chi connectivity index (χ1) is 8.42. The monoisotopic (exact) mass is 270 g/mol. The molecule has 0 amide bonds. The molecule has 0 fully saturated rings. The molecule has 0 aliphatic heterocycles. The van der Waals surface area contributed by atoms with Crippen LogP contribution >= 0.6 is 0 Å². The maximum atomic E-state index is 11.7. The summed E-state index contributed by atoms with van der Waals surface area (Å²) < 4.78 is 33.5. The quantitative estimate of drug-likeness (QED) is 0.433. The van der Waals surface area contributed by atoms with Crippen molar-refractivity contribution >= 4 is 10.1 Å². The first-order valence-electron chi connectivity index (χ1n) is 5.60. The molecule has 0 saturated heterocycles. The van der Waals surface area contributed by atoms with E-state index in [0.717, 1.165) is 11.1 Å². The zero-order valence-corrected chi connectivity index (χ0v) is 11.5. The molecule has 1 aromatic rings. The summed E-state index contributed by atoms with van der Waals surface area (Å²) in [5.41, 5.74) is 1.88. The van der Waals surface area contributed by atoms with Crippen molar-refractivity contribution in [3.05, 3.63) is 42.0 Å². The number of rotatable bonds is 7. The van der Waals surface area contributed by atoms with Gasteiger partial charge in [-0.1, -0.05) is 29.8 Å². The highest BCUT2D eigenvalue weighted by Crippen LogP contribution is 2.12. The van der Waals surface area contributed by atoms with Crippen LogP contribution in [0, 0.1) is 6.92 Å². The first kappa shape index (κ1) is 14.9. The summed E-state index contributed by atoms with van der Waals surface area (Å²) in [5, 5.41) is 0. The van der Waals surface area contributed by atoms with Gasteiger partial charge in [0.15, 0.2) is 0 Å². The van der Waals surface area contributed by atoms with E-state index in [4.69, 9.17) is 8.92 Å². The number of ether oxygens (including phenoxy) is 1. The van der Waals surface area contributed by atoms with E-state index in [0.29, 0.717) is 6.61 Å². The second kappa shape index (κ2) is 6.68. The van der Waals surface area contributed by atoms with Gasteiger partial charge in [0.2, 0.25) is 0 Å². The molecule has 0 atom stereocenters. The minimum absolute atomic E-state index is 0.00346. The van der Waals surface area contributed by atoms with Crippen LogP contribution in [0.25, 0.3) is 0 Å². The predicted octanol–water partition coefficient (Wildman–Crippen LogP) is 2.29. The van der Waals surface area contributed by atoms with Crippen LogP contribution in [-0.4, -0.2) is 28.2 Å². The Morgan fingerprint density at radius 2 is 1.83 bits per heavy atom. The second-order valence-electron chi connectivity index (χ2n) is 4.10. The van der Waals surface area contributed by atoms with Gasteiger partial charge in [-0.3, -0.25) is 4.18 Å². The van der Waals surface area contributed by atoms with Crippen molar-refractivity contribution in [2.24, 2.45) is 0 Å². The molecule has 0 aliphatic rings. The van der Waals surface area contributed by atoms with Crippen molar-refractivity contribution in [1.82, 2.24) is 0 Å². The maximum Gasteiger partial charge on any atom is 0.297 e. The SMILES string of the molecule is C=C(C)COCCOS(=O)(=O)c1ccc(C)cc1. The zero-order chi connectivity index (χ0) is 13.6. The maximum absolute atomic E-state index is 11.7. The number of hydrogen-bond donors (Lipinski definition) is 0. The standard InChI is InChI=1S/C13H18O4S/c1-11(2)10-16-8-9-17-18(14,15)13-6-4-12(3)5-7-13/h4-7H,1,8-10H2,2-3H3. The van der Waals surface area contributed by atoms with Gasteiger partial charge in [0, 0.05) is 0 Å². The highest BCUT2D eigenvalue weighted by Gasteiger charge is 2.14. The van der Waals surface area contributed by atoms with Crippen LogP contribution in [0.3, 0.4) is 0 Å². The van der Waals surface area contributed by atoms with E-state index in [9.17, 15) is 8.42 Å². The lowest BCUT2D eigenvalue weighted by Crippen LogP contribution is -2.12. The van der Waals surface area contributed by atoms with Crippen molar-refractivity contribution in [1.29, 1.82) is 0 Å². The molecule has 0 radical (unpaired) electrons. The highest BCUT2D eigenvalue weighted by atomic mass is 32.2. The van der Waals surface area contributed by atoms with E-state index in [1.165, 1.54) is 12.1 Å². The average Bonchev–Trinajstić information content (AvgIpc) is 2.28. The fourth-order valence-corrected chi connectivity index (χ4v) is 2.11. The molecule has 0 heterocycles. The van der Waals surface area contributed by atoms with Gasteiger partial charge in [-0.25, -0.2) is 0 Å². The minimum atomic E-state index is -3.68. The Labute approximate surface area is 108 Å². The molecule has 100 valence electrons. The molecule has 0 saturated carbocycles. The fourth-order valence-electron chi connectivity index (χ4n) is 1.22. The molecule has 0 spiro atoms. The summed E-state index contributed by atoms with van der Waals surface area (Å²) >= 11 is 0. The Morgan fingerprint density at radius 1 is 1.22 bits per heavy atom. The van der Waals surface area contributed by atoms with Gasteiger partial charge >= 0.3 is 0 Å². The van der Waals surface area contributed by atoms with E-state index in [1.54, 1.807) is 12.1 Å². The number of benzene rings is 1. The van der Waals surface area contributed by atoms with Crippen LogP contribution in [0.15, 0.2) is 41.3 Å². The highest BCUT2D eigenvalue weighted by molar-refractivity contribution is 7.86. The topological polar surface area (TPSA) is 52.6 Å². The molecular formula is C13H18O4S. The van der Waals surface area contributed by atoms with Crippen LogP contribution < -0.4 is 0 Å². The lowest BCUT2D eigenvalue weighted by atomic mass is 10.2. The molecule has 4 nitrogen and oxygen atoms in total. The van der Waals surface area contributed by atoms with E-state index in [1.807, 2.05) is 13.8 Å². The smallest absolute Gasteiger partial charge is 0.297 e. The lowest BCUT2D eigenvalue weighted by molar-refractivity contribution is 0.119. The summed E-state index contributed by atoms with van der Waals surface area (Å²) in [5.74, 6) is 0. The fraction of sp³-hybridized carbons (Fsp3) is 0.385. The van der Waals surface area contributed by atoms with Crippen molar-refractivity contribution in [3.63, 3.8) is 0 Å². The van der Waals surface area contributed by atoms with Gasteiger partial charge in [0.1, 0.15) is 0 Å². The molecule has 0 aromatic heterocycles. The molecular weight excluding hydrogens is 252 g/mol. The van der Waals surface area contributed by atoms with Gasteiger partial charge in [0.25, 0.3) is 10.1 Å². The molecule has 0 aliphatic carbocycles. The van der Waals surface area contributed by atoms with E-state index in [-0.39, 0.29) is 18.1 Å². The van der Waals surface area contributed by atoms with Crippen LogP contribution in [-0.2, 0) is 19.0 Å². The van der Waals surface area contributed by atoms with Crippen LogP contribution in [0.4, 0.5) is 0 Å². The van der Waals surface area contributed by atoms with Gasteiger partial charge in [0.05, 0.1) is 24.7 Å². The van der Waals surface area contributed by atoms with Crippen molar-refractivity contribution < 1.29 is 17.3 Å². The molecule has 18 heavy (non-hydrogen) atoms. The van der Waals surface area contributed by atoms with Crippen LogP contribution in [0.1, 0.15) is 12.5 Å². The van der Waals surface area contributed by atoms with Gasteiger partial charge in [-0.2, -0.15) is 8.42 Å². The van der Waals surface area contributed by atoms with E-state index < -0.39 is 10.1 Å². The van der Waals surface area contributed by atoms with E-state index >= 15 is 0 Å². The zero-order valence-electron chi connectivity index (χ0n) is 10.7. The number of hydrogen-bond acceptors (Lipinski definition) is 4. The lowest BCUT2D eigenvalue weighted by Gasteiger charge is -2.06. The number of aryl methyl sites for hydroxylation is 1. The first-order valence-corrected chi connectivity index (χ1v) is 7.01. The van der Waals surface area contributed by atoms with Gasteiger partial charge in [-0.15, -0.1) is 0 Å². The molecule has 1 aromatic carbocycles. The molecule has 0 bridgehead atoms. The molecule has 5 heteroatoms. The molecule has 1 rings (SSSR count). The summed E-state index contributed by atoms with van der Waals surface area (Å²) in [6.45, 7) is 8.04. The molecule has 0 unspecified atom stereocenters. The normalized spacial score (nSPS) is 11.4. The Hall–Kier alpha value is -1.17. The Balaban J connectivity index is 2.45. The minimum Gasteiger partial charge on any atom is -0.375 e. The predicted molar refractivity (Wildman–Crippen MR) is 69.9 cm³/mol. The average molecular weight is 270 g/mol. The van der Waals surface area contributed by atoms with Crippen molar-refractivity contribution in [2.45, 2.75) is 18.7 Å². The van der Waals surface area contributed by atoms with Gasteiger partial charge < -0.3 is 4.74 Å². The third-order valence-corrected chi connectivity index (χ3v) is 3.45. The van der Waals surface area contributed by atoms with Gasteiger partial charge in [-0.05, 0) is 26.0 Å². The third-order valence-electron chi connectivity index (χ3n) is 2.12.